The van der Waals surface area contributed by atoms with Crippen molar-refractivity contribution in [2.75, 3.05) is 34.2 Å². The quantitative estimate of drug-likeness (QED) is 0.311. The zero-order valence-electron chi connectivity index (χ0n) is 23.0. The van der Waals surface area contributed by atoms with Crippen LogP contribution in [-0.2, 0) is 20.8 Å². The van der Waals surface area contributed by atoms with Crippen LogP contribution in [0.1, 0.15) is 57.9 Å². The molecule has 1 aliphatic heterocycles. The molecule has 5 atom stereocenters. The van der Waals surface area contributed by atoms with Crippen molar-refractivity contribution in [3.63, 3.8) is 0 Å². The van der Waals surface area contributed by atoms with Crippen LogP contribution in [0.4, 0.5) is 0 Å². The fourth-order valence-corrected chi connectivity index (χ4v) is 5.59. The van der Waals surface area contributed by atoms with E-state index >= 15 is 0 Å². The molecule has 1 amide bonds. The standard InChI is InChI=1S/C29H44N3O5/c1-28(19-12-13-21-30(3,4)5,26(35)32(8)22-14-17-24(32)25(33)34)31(6,7)29(2,27(36)37)20-18-23-15-10-9-11-16-23/h3,6,8-11,15-16,24H,12-14,17-22H2,1-2,4-5,7H3,(H,33,34)(H,36,37)/q+3. The summed E-state index contributed by atoms with van der Waals surface area (Å²) < 4.78 is -1.20. The van der Waals surface area contributed by atoms with Crippen LogP contribution in [0.2, 0.25) is 0 Å². The Morgan fingerprint density at radius 2 is 1.59 bits per heavy atom. The van der Waals surface area contributed by atoms with Crippen molar-refractivity contribution in [1.29, 1.82) is 0 Å². The van der Waals surface area contributed by atoms with Gasteiger partial charge >= 0.3 is 17.8 Å². The lowest BCUT2D eigenvalue weighted by Gasteiger charge is -2.53. The van der Waals surface area contributed by atoms with Crippen LogP contribution in [0, 0.1) is 21.1 Å². The van der Waals surface area contributed by atoms with Gasteiger partial charge in [0, 0.05) is 39.5 Å². The topological polar surface area (TPSA) is 91.7 Å². The van der Waals surface area contributed by atoms with Crippen LogP contribution in [0.5, 0.6) is 0 Å². The summed E-state index contributed by atoms with van der Waals surface area (Å²) in [6, 6.07) is 8.39. The Kier molecular flexibility index (Phi) is 9.38. The van der Waals surface area contributed by atoms with E-state index in [-0.39, 0.29) is 30.3 Å². The van der Waals surface area contributed by atoms with Crippen molar-refractivity contribution in [3.8, 4) is 0 Å². The number of hydrogen-bond donors (Lipinski definition) is 2. The van der Waals surface area contributed by atoms with Gasteiger partial charge in [0.1, 0.15) is 0 Å². The Morgan fingerprint density at radius 1 is 1.00 bits per heavy atom. The van der Waals surface area contributed by atoms with Crippen LogP contribution in [0.25, 0.3) is 0 Å². The van der Waals surface area contributed by atoms with E-state index in [4.69, 9.17) is 21.1 Å². The highest BCUT2D eigenvalue weighted by molar-refractivity contribution is 5.84. The summed E-state index contributed by atoms with van der Waals surface area (Å²) in [6.07, 6.45) is 2.81. The fourth-order valence-electron chi connectivity index (χ4n) is 5.59. The molecule has 0 aromatic heterocycles. The van der Waals surface area contributed by atoms with Crippen molar-refractivity contribution in [2.24, 2.45) is 0 Å². The Labute approximate surface area is 223 Å². The lowest BCUT2D eigenvalue weighted by atomic mass is 9.79. The summed E-state index contributed by atoms with van der Waals surface area (Å²) in [4.78, 5) is 39.2. The van der Waals surface area contributed by atoms with Gasteiger partial charge < -0.3 is 14.7 Å². The molecule has 0 aliphatic carbocycles. The number of hydrogen-bond acceptors (Lipinski definition) is 3. The molecule has 6 radical (unpaired) electrons. The Balaban J connectivity index is 2.53. The number of rotatable bonds is 13. The van der Waals surface area contributed by atoms with Gasteiger partial charge in [-0.1, -0.05) is 30.3 Å². The molecule has 1 heterocycles. The zero-order chi connectivity index (χ0) is 28.3. The van der Waals surface area contributed by atoms with E-state index in [2.05, 4.69) is 0 Å². The number of amides is 1. The number of carboxylic acid groups (broad SMARTS) is 2. The average Bonchev–Trinajstić information content (AvgIpc) is 3.22. The number of aliphatic carboxylic acids is 2. The number of quaternary nitrogens is 3. The predicted molar refractivity (Wildman–Crippen MR) is 140 cm³/mol. The van der Waals surface area contributed by atoms with E-state index in [1.54, 1.807) is 20.9 Å². The molecule has 1 saturated heterocycles. The maximum atomic E-state index is 14.4. The van der Waals surface area contributed by atoms with Gasteiger partial charge in [0.25, 0.3) is 0 Å². The van der Waals surface area contributed by atoms with Crippen LogP contribution in [-0.4, -0.2) is 92.9 Å². The lowest BCUT2D eigenvalue weighted by Crippen LogP contribution is -2.77. The third-order valence-corrected chi connectivity index (χ3v) is 8.59. The molecule has 1 aromatic rings. The summed E-state index contributed by atoms with van der Waals surface area (Å²) in [6.45, 7) is 4.00. The van der Waals surface area contributed by atoms with Crippen molar-refractivity contribution < 1.29 is 38.0 Å². The van der Waals surface area contributed by atoms with E-state index in [0.717, 1.165) is 5.56 Å². The molecule has 1 aromatic carbocycles. The first-order valence-electron chi connectivity index (χ1n) is 12.9. The molecule has 8 heteroatoms. The molecule has 202 valence electrons. The SMILES string of the molecule is [CH][N+](C)(C)CCCCC(C)(C(=O)[N+]1([CH])CCCC1C(=O)O)[N+]([CH])(C)C(C)(CCc1ccccc1)C(=O)O. The molecule has 0 spiro atoms. The molecule has 1 fully saturated rings. The maximum absolute atomic E-state index is 14.4. The number of aryl methyl sites for hydroxylation is 1. The molecule has 0 bridgehead atoms. The third kappa shape index (κ3) is 6.24. The first-order valence-corrected chi connectivity index (χ1v) is 12.9. The van der Waals surface area contributed by atoms with Gasteiger partial charge in [0.05, 0.1) is 34.2 Å². The monoisotopic (exact) mass is 514 g/mol. The first kappa shape index (κ1) is 30.9. The van der Waals surface area contributed by atoms with Gasteiger partial charge in [-0.25, -0.2) is 18.9 Å². The molecule has 2 rings (SSSR count). The third-order valence-electron chi connectivity index (χ3n) is 8.59. The number of benzene rings is 1. The second-order valence-corrected chi connectivity index (χ2v) is 11.8. The number of carboxylic acids is 2. The summed E-state index contributed by atoms with van der Waals surface area (Å²) in [7, 11) is 24.9. The van der Waals surface area contributed by atoms with Crippen LogP contribution >= 0.6 is 0 Å². The smallest absolute Gasteiger partial charge is 0.375 e. The number of likely N-dealkylation sites (tertiary alicyclic amines) is 1. The van der Waals surface area contributed by atoms with E-state index in [9.17, 15) is 24.6 Å². The number of carbonyl (C=O) groups is 3. The molecule has 37 heavy (non-hydrogen) atoms. The second kappa shape index (κ2) is 11.2. The predicted octanol–water partition coefficient (Wildman–Crippen LogP) is 3.51. The van der Waals surface area contributed by atoms with Crippen molar-refractivity contribution in [3.05, 3.63) is 57.0 Å². The largest absolute Gasteiger partial charge is 0.477 e. The summed E-state index contributed by atoms with van der Waals surface area (Å²) in [5, 5.41) is 20.3. The normalized spacial score (nSPS) is 23.7. The minimum Gasteiger partial charge on any atom is -0.477 e. The molecule has 1 aliphatic rings. The van der Waals surface area contributed by atoms with Crippen molar-refractivity contribution >= 4 is 17.8 Å². The zero-order valence-corrected chi connectivity index (χ0v) is 23.0. The fraction of sp³-hybridized carbons (Fsp3) is 0.586. The van der Waals surface area contributed by atoms with Gasteiger partial charge in [-0.2, -0.15) is 0 Å². The van der Waals surface area contributed by atoms with Crippen LogP contribution in [0.3, 0.4) is 0 Å². The Morgan fingerprint density at radius 3 is 2.11 bits per heavy atom. The highest BCUT2D eigenvalue weighted by Gasteiger charge is 2.67. The van der Waals surface area contributed by atoms with Crippen LogP contribution < -0.4 is 0 Å². The lowest BCUT2D eigenvalue weighted by molar-refractivity contribution is -0.959. The summed E-state index contributed by atoms with van der Waals surface area (Å²) >= 11 is 0. The molecular weight excluding hydrogens is 470 g/mol. The Hall–Kier alpha value is -2.29. The number of nitrogens with zero attached hydrogens (tertiary/aromatic N) is 3. The summed E-state index contributed by atoms with van der Waals surface area (Å²) in [5.41, 5.74) is -2.09. The van der Waals surface area contributed by atoms with E-state index in [1.807, 2.05) is 44.4 Å². The highest BCUT2D eigenvalue weighted by Crippen LogP contribution is 2.43. The highest BCUT2D eigenvalue weighted by atomic mass is 16.4. The van der Waals surface area contributed by atoms with Crippen molar-refractivity contribution in [2.45, 2.75) is 75.9 Å². The second-order valence-electron chi connectivity index (χ2n) is 11.8. The van der Waals surface area contributed by atoms with Gasteiger partial charge in [0.2, 0.25) is 26.7 Å². The van der Waals surface area contributed by atoms with E-state index < -0.39 is 43.9 Å². The van der Waals surface area contributed by atoms with Crippen LogP contribution in [0.15, 0.2) is 30.3 Å². The summed E-state index contributed by atoms with van der Waals surface area (Å²) in [5.74, 6) is -2.82. The van der Waals surface area contributed by atoms with E-state index in [1.165, 1.54) is 0 Å². The van der Waals surface area contributed by atoms with Gasteiger partial charge in [-0.3, -0.25) is 4.48 Å². The first-order chi connectivity index (χ1) is 16.9. The molecule has 5 unspecified atom stereocenters. The van der Waals surface area contributed by atoms with Crippen molar-refractivity contribution in [1.82, 2.24) is 0 Å². The van der Waals surface area contributed by atoms with Gasteiger partial charge in [0.15, 0.2) is 11.6 Å². The Bertz CT molecular complexity index is 974. The van der Waals surface area contributed by atoms with Gasteiger partial charge in [-0.15, -0.1) is 0 Å². The molecule has 2 N–H and O–H groups in total. The minimum absolute atomic E-state index is 0.159. The number of unbranched alkanes of at least 4 members (excludes halogenated alkanes) is 1. The molecular formula is C29H44N3O5+3. The van der Waals surface area contributed by atoms with E-state index in [0.29, 0.717) is 32.2 Å². The maximum Gasteiger partial charge on any atom is 0.375 e. The van der Waals surface area contributed by atoms with Gasteiger partial charge in [-0.05, 0) is 24.8 Å². The minimum atomic E-state index is -1.57. The average molecular weight is 515 g/mol. The molecule has 8 nitrogen and oxygen atoms in total. The number of likely N-dealkylation sites (N-methyl/N-ethyl adjacent to an activating group) is 1. The number of carbonyl (C=O) groups excluding carboxylic acids is 1. The molecule has 0 saturated carbocycles.